The molecule has 1 amide bonds. The highest BCUT2D eigenvalue weighted by Crippen LogP contribution is 2.31. The lowest BCUT2D eigenvalue weighted by molar-refractivity contribution is 0.0682. The number of hydrogen-bond donors (Lipinski definition) is 1. The van der Waals surface area contributed by atoms with E-state index in [9.17, 15) is 4.79 Å². The summed E-state index contributed by atoms with van der Waals surface area (Å²) < 4.78 is 2.25. The fourth-order valence-corrected chi connectivity index (χ4v) is 4.93. The zero-order chi connectivity index (χ0) is 19.6. The van der Waals surface area contributed by atoms with Gasteiger partial charge in [0.25, 0.3) is 5.91 Å². The van der Waals surface area contributed by atoms with Gasteiger partial charge < -0.3 is 9.47 Å². The van der Waals surface area contributed by atoms with Crippen LogP contribution in [0.3, 0.4) is 0 Å². The van der Waals surface area contributed by atoms with Crippen LogP contribution in [0.1, 0.15) is 78.9 Å². The van der Waals surface area contributed by atoms with Crippen LogP contribution >= 0.6 is 0 Å². The topological polar surface area (TPSA) is 79.7 Å². The van der Waals surface area contributed by atoms with E-state index in [4.69, 9.17) is 0 Å². The molecule has 1 N–H and O–H groups in total. The van der Waals surface area contributed by atoms with Crippen molar-refractivity contribution in [2.24, 2.45) is 11.8 Å². The second-order valence-electron chi connectivity index (χ2n) is 9.23. The Bertz CT molecular complexity index is 843. The summed E-state index contributed by atoms with van der Waals surface area (Å²) in [5.74, 6) is 2.66. The number of nitrogens with one attached hydrogen (secondary N) is 1. The number of amides is 1. The predicted molar refractivity (Wildman–Crippen MR) is 110 cm³/mol. The zero-order valence-electron chi connectivity index (χ0n) is 17.3. The van der Waals surface area contributed by atoms with Gasteiger partial charge in [-0.05, 0) is 63.2 Å². The van der Waals surface area contributed by atoms with Crippen molar-refractivity contribution >= 4 is 5.91 Å². The number of likely N-dealkylation sites (tertiary alicyclic amines) is 1. The minimum Gasteiger partial charge on any atom is -0.337 e. The summed E-state index contributed by atoms with van der Waals surface area (Å²) in [6, 6.07) is 0. The Morgan fingerprint density at radius 2 is 1.83 bits per heavy atom. The number of aryl methyl sites for hydroxylation is 1. The Morgan fingerprint density at radius 1 is 1.03 bits per heavy atom. The summed E-state index contributed by atoms with van der Waals surface area (Å²) in [4.78, 5) is 15.2. The van der Waals surface area contributed by atoms with Crippen molar-refractivity contribution in [2.45, 2.75) is 77.2 Å². The van der Waals surface area contributed by atoms with Gasteiger partial charge in [-0.3, -0.25) is 9.89 Å². The van der Waals surface area contributed by atoms with E-state index in [1.54, 1.807) is 0 Å². The van der Waals surface area contributed by atoms with Crippen LogP contribution in [0.25, 0.3) is 0 Å². The number of piperidine rings is 1. The third-order valence-corrected chi connectivity index (χ3v) is 6.98. The minimum absolute atomic E-state index is 0.124. The van der Waals surface area contributed by atoms with Gasteiger partial charge in [-0.2, -0.15) is 5.10 Å². The van der Waals surface area contributed by atoms with Gasteiger partial charge in [0.2, 0.25) is 0 Å². The number of nitrogens with zero attached hydrogens (tertiary/aromatic N) is 5. The third kappa shape index (κ3) is 4.23. The Hall–Kier alpha value is -2.18. The molecule has 7 nitrogen and oxygen atoms in total. The average Bonchev–Trinajstić information content (AvgIpc) is 3.30. The molecule has 3 aliphatic rings. The van der Waals surface area contributed by atoms with Crippen LogP contribution in [0.15, 0.2) is 6.33 Å². The molecule has 0 aromatic carbocycles. The summed E-state index contributed by atoms with van der Waals surface area (Å²) in [5.41, 5.74) is 3.06. The molecule has 0 unspecified atom stereocenters. The number of aromatic nitrogens is 5. The Kier molecular flexibility index (Phi) is 5.38. The lowest BCUT2D eigenvalue weighted by Crippen LogP contribution is -2.39. The number of H-pyrrole nitrogens is 1. The maximum absolute atomic E-state index is 13.2. The van der Waals surface area contributed by atoms with Gasteiger partial charge in [-0.15, -0.1) is 10.2 Å². The first kappa shape index (κ1) is 18.8. The van der Waals surface area contributed by atoms with Crippen LogP contribution in [0.2, 0.25) is 0 Å². The summed E-state index contributed by atoms with van der Waals surface area (Å²) in [6.45, 7) is 2.72. The highest BCUT2D eigenvalue weighted by Gasteiger charge is 2.29. The fraction of sp³-hybridized carbons (Fsp3) is 0.727. The SMILES string of the molecule is O=C(c1n[nH]c2c1CCCCCC2)N1CCC(Cc2nncn2CC2CC2)CC1. The highest BCUT2D eigenvalue weighted by molar-refractivity contribution is 5.94. The number of hydrogen-bond acceptors (Lipinski definition) is 4. The van der Waals surface area contributed by atoms with Gasteiger partial charge in [0, 0.05) is 37.3 Å². The molecule has 2 aromatic rings. The van der Waals surface area contributed by atoms with Crippen molar-refractivity contribution in [1.29, 1.82) is 0 Å². The van der Waals surface area contributed by atoms with Gasteiger partial charge in [-0.1, -0.05) is 12.8 Å². The van der Waals surface area contributed by atoms with Crippen LogP contribution in [-0.4, -0.2) is 48.9 Å². The van der Waals surface area contributed by atoms with E-state index in [0.717, 1.165) is 69.9 Å². The minimum atomic E-state index is 0.124. The maximum atomic E-state index is 13.2. The second kappa shape index (κ2) is 8.28. The predicted octanol–water partition coefficient (Wildman–Crippen LogP) is 3.17. The van der Waals surface area contributed by atoms with Gasteiger partial charge in [-0.25, -0.2) is 0 Å². The largest absolute Gasteiger partial charge is 0.337 e. The van der Waals surface area contributed by atoms with E-state index in [2.05, 4.69) is 25.0 Å². The van der Waals surface area contributed by atoms with Crippen molar-refractivity contribution < 1.29 is 4.79 Å². The van der Waals surface area contributed by atoms with E-state index in [-0.39, 0.29) is 5.91 Å². The number of fused-ring (bicyclic) bond motifs is 1. The normalized spacial score (nSPS) is 20.9. The van der Waals surface area contributed by atoms with Crippen LogP contribution in [0.5, 0.6) is 0 Å². The summed E-state index contributed by atoms with van der Waals surface area (Å²) in [7, 11) is 0. The van der Waals surface area contributed by atoms with E-state index < -0.39 is 0 Å². The van der Waals surface area contributed by atoms with Crippen LogP contribution < -0.4 is 0 Å². The molecule has 1 saturated carbocycles. The molecule has 0 atom stereocenters. The molecule has 5 rings (SSSR count). The summed E-state index contributed by atoms with van der Waals surface area (Å²) in [5, 5.41) is 16.1. The van der Waals surface area contributed by atoms with E-state index >= 15 is 0 Å². The van der Waals surface area contributed by atoms with Crippen LogP contribution in [0.4, 0.5) is 0 Å². The molecule has 7 heteroatoms. The molecule has 2 aliphatic carbocycles. The van der Waals surface area contributed by atoms with Crippen molar-refractivity contribution in [3.05, 3.63) is 29.1 Å². The third-order valence-electron chi connectivity index (χ3n) is 6.98. The number of carbonyl (C=O) groups is 1. The van der Waals surface area contributed by atoms with Gasteiger partial charge >= 0.3 is 0 Å². The second-order valence-corrected chi connectivity index (χ2v) is 9.23. The Labute approximate surface area is 172 Å². The molecule has 1 aliphatic heterocycles. The van der Waals surface area contributed by atoms with E-state index in [1.807, 2.05) is 11.2 Å². The van der Waals surface area contributed by atoms with Crippen molar-refractivity contribution in [2.75, 3.05) is 13.1 Å². The molecular formula is C22H32N6O. The molecule has 2 fully saturated rings. The molecule has 29 heavy (non-hydrogen) atoms. The van der Waals surface area contributed by atoms with E-state index in [1.165, 1.54) is 43.4 Å². The quantitative estimate of drug-likeness (QED) is 0.842. The van der Waals surface area contributed by atoms with Crippen LogP contribution in [0, 0.1) is 11.8 Å². The monoisotopic (exact) mass is 396 g/mol. The molecule has 0 bridgehead atoms. The van der Waals surface area contributed by atoms with Gasteiger partial charge in [0.05, 0.1) is 0 Å². The standard InChI is InChI=1S/C22H32N6O/c29-22(21-18-5-3-1-2-4-6-19(18)24-26-21)27-11-9-16(10-12-27)13-20-25-23-15-28(20)14-17-7-8-17/h15-17H,1-14H2,(H,24,26). The number of rotatable bonds is 5. The maximum Gasteiger partial charge on any atom is 0.274 e. The molecule has 2 aromatic heterocycles. The number of aromatic amines is 1. The lowest BCUT2D eigenvalue weighted by atomic mass is 9.92. The van der Waals surface area contributed by atoms with Gasteiger partial charge in [0.15, 0.2) is 5.69 Å². The van der Waals surface area contributed by atoms with Crippen molar-refractivity contribution in [1.82, 2.24) is 29.9 Å². The number of carbonyl (C=O) groups excluding carboxylic acids is 1. The lowest BCUT2D eigenvalue weighted by Gasteiger charge is -2.31. The van der Waals surface area contributed by atoms with Crippen LogP contribution in [-0.2, 0) is 25.8 Å². The summed E-state index contributed by atoms with van der Waals surface area (Å²) >= 11 is 0. The summed E-state index contributed by atoms with van der Waals surface area (Å²) in [6.07, 6.45) is 14.5. The molecule has 0 radical (unpaired) electrons. The first-order valence-electron chi connectivity index (χ1n) is 11.5. The Morgan fingerprint density at radius 3 is 2.62 bits per heavy atom. The zero-order valence-corrected chi connectivity index (χ0v) is 17.3. The van der Waals surface area contributed by atoms with Crippen molar-refractivity contribution in [3.8, 4) is 0 Å². The first-order chi connectivity index (χ1) is 14.3. The Balaban J connectivity index is 1.19. The fourth-order valence-electron chi connectivity index (χ4n) is 4.93. The van der Waals surface area contributed by atoms with E-state index in [0.29, 0.717) is 11.6 Å². The van der Waals surface area contributed by atoms with Gasteiger partial charge in [0.1, 0.15) is 12.2 Å². The molecule has 1 saturated heterocycles. The molecule has 0 spiro atoms. The molecule has 3 heterocycles. The first-order valence-corrected chi connectivity index (χ1v) is 11.5. The highest BCUT2D eigenvalue weighted by atomic mass is 16.2. The molecule has 156 valence electrons. The smallest absolute Gasteiger partial charge is 0.274 e. The molecular weight excluding hydrogens is 364 g/mol. The average molecular weight is 397 g/mol. The van der Waals surface area contributed by atoms with Crippen molar-refractivity contribution in [3.63, 3.8) is 0 Å².